The molecule has 23 heavy (non-hydrogen) atoms. The van der Waals surface area contributed by atoms with Crippen molar-refractivity contribution in [3.8, 4) is 0 Å². The second-order valence-corrected chi connectivity index (χ2v) is 6.45. The van der Waals surface area contributed by atoms with Crippen molar-refractivity contribution in [3.05, 3.63) is 60.4 Å². The average Bonchev–Trinajstić information content (AvgIpc) is 3.00. The largest absolute Gasteiger partial charge is 0.390 e. The molecule has 1 saturated heterocycles. The van der Waals surface area contributed by atoms with Crippen molar-refractivity contribution in [1.29, 1.82) is 0 Å². The van der Waals surface area contributed by atoms with E-state index < -0.39 is 0 Å². The van der Waals surface area contributed by atoms with Crippen LogP contribution in [0.15, 0.2) is 54.9 Å². The predicted octanol–water partition coefficient (Wildman–Crippen LogP) is 2.06. The van der Waals surface area contributed by atoms with Crippen LogP contribution in [0.3, 0.4) is 0 Å². The molecule has 0 bridgehead atoms. The molecule has 0 spiro atoms. The highest BCUT2D eigenvalue weighted by Gasteiger charge is 2.20. The zero-order valence-electron chi connectivity index (χ0n) is 13.7. The first kappa shape index (κ1) is 16.2. The van der Waals surface area contributed by atoms with E-state index in [0.29, 0.717) is 0 Å². The molecule has 2 heterocycles. The lowest BCUT2D eigenvalue weighted by Gasteiger charge is -2.21. The Hall–Kier alpha value is -1.62. The molecule has 4 heteroatoms. The minimum Gasteiger partial charge on any atom is -0.390 e. The van der Waals surface area contributed by atoms with Gasteiger partial charge in [-0.05, 0) is 30.7 Å². The SMILES string of the molecule is OC1CN(CCCn2cccc2)CCN(Cc2ccccc2)C1. The van der Waals surface area contributed by atoms with E-state index in [0.717, 1.165) is 52.2 Å². The monoisotopic (exact) mass is 313 g/mol. The summed E-state index contributed by atoms with van der Waals surface area (Å²) in [6, 6.07) is 14.7. The Morgan fingerprint density at radius 3 is 2.35 bits per heavy atom. The Morgan fingerprint density at radius 1 is 0.870 bits per heavy atom. The molecule has 124 valence electrons. The molecule has 1 N–H and O–H groups in total. The van der Waals surface area contributed by atoms with Gasteiger partial charge < -0.3 is 9.67 Å². The quantitative estimate of drug-likeness (QED) is 0.886. The first-order valence-corrected chi connectivity index (χ1v) is 8.57. The summed E-state index contributed by atoms with van der Waals surface area (Å²) in [7, 11) is 0. The Labute approximate surface area is 139 Å². The van der Waals surface area contributed by atoms with Gasteiger partial charge in [-0.15, -0.1) is 0 Å². The van der Waals surface area contributed by atoms with Crippen LogP contribution in [-0.2, 0) is 13.1 Å². The van der Waals surface area contributed by atoms with Crippen LogP contribution in [0.4, 0.5) is 0 Å². The van der Waals surface area contributed by atoms with E-state index in [1.54, 1.807) is 0 Å². The summed E-state index contributed by atoms with van der Waals surface area (Å²) in [5.41, 5.74) is 1.32. The smallest absolute Gasteiger partial charge is 0.0793 e. The van der Waals surface area contributed by atoms with Crippen LogP contribution in [0.1, 0.15) is 12.0 Å². The Bertz CT molecular complexity index is 555. The summed E-state index contributed by atoms with van der Waals surface area (Å²) in [6.45, 7) is 6.64. The molecule has 0 amide bonds. The van der Waals surface area contributed by atoms with Gasteiger partial charge in [0.1, 0.15) is 0 Å². The van der Waals surface area contributed by atoms with Gasteiger partial charge in [-0.1, -0.05) is 30.3 Å². The predicted molar refractivity (Wildman–Crippen MR) is 93.2 cm³/mol. The van der Waals surface area contributed by atoms with Crippen molar-refractivity contribution in [2.45, 2.75) is 25.6 Å². The van der Waals surface area contributed by atoms with E-state index in [2.05, 4.69) is 63.2 Å². The van der Waals surface area contributed by atoms with Crippen LogP contribution in [0, 0.1) is 0 Å². The second-order valence-electron chi connectivity index (χ2n) is 6.45. The summed E-state index contributed by atoms with van der Waals surface area (Å²) in [6.07, 6.45) is 5.09. The van der Waals surface area contributed by atoms with E-state index in [1.165, 1.54) is 5.56 Å². The summed E-state index contributed by atoms with van der Waals surface area (Å²) < 4.78 is 2.22. The van der Waals surface area contributed by atoms with E-state index >= 15 is 0 Å². The normalized spacial score (nSPS) is 20.5. The minimum atomic E-state index is -0.257. The number of hydrogen-bond acceptors (Lipinski definition) is 3. The lowest BCUT2D eigenvalue weighted by Crippen LogP contribution is -2.34. The summed E-state index contributed by atoms with van der Waals surface area (Å²) in [4.78, 5) is 4.77. The third-order valence-electron chi connectivity index (χ3n) is 4.48. The zero-order valence-corrected chi connectivity index (χ0v) is 13.7. The van der Waals surface area contributed by atoms with Gasteiger partial charge in [-0.3, -0.25) is 9.80 Å². The molecule has 1 fully saturated rings. The van der Waals surface area contributed by atoms with Crippen LogP contribution in [0.25, 0.3) is 0 Å². The van der Waals surface area contributed by atoms with Gasteiger partial charge in [0.25, 0.3) is 0 Å². The molecule has 1 unspecified atom stereocenters. The molecule has 1 aliphatic rings. The van der Waals surface area contributed by atoms with Crippen molar-refractivity contribution in [1.82, 2.24) is 14.4 Å². The van der Waals surface area contributed by atoms with Gasteiger partial charge in [0.15, 0.2) is 0 Å². The summed E-state index contributed by atoms with van der Waals surface area (Å²) in [5, 5.41) is 10.3. The number of benzene rings is 1. The van der Waals surface area contributed by atoms with Gasteiger partial charge in [0, 0.05) is 51.7 Å². The maximum Gasteiger partial charge on any atom is 0.0793 e. The first-order chi connectivity index (χ1) is 11.3. The van der Waals surface area contributed by atoms with Gasteiger partial charge in [0.2, 0.25) is 0 Å². The molecule has 0 saturated carbocycles. The highest BCUT2D eigenvalue weighted by Crippen LogP contribution is 2.10. The Balaban J connectivity index is 1.45. The maximum absolute atomic E-state index is 10.3. The molecular weight excluding hydrogens is 286 g/mol. The van der Waals surface area contributed by atoms with Crippen molar-refractivity contribution >= 4 is 0 Å². The number of β-amino-alcohol motifs (C(OH)–C–C–N with tert-alkyl or cyclic N) is 1. The molecule has 1 aromatic heterocycles. The molecule has 1 atom stereocenters. The van der Waals surface area contributed by atoms with Crippen LogP contribution < -0.4 is 0 Å². The average molecular weight is 313 g/mol. The number of hydrogen-bond donors (Lipinski definition) is 1. The molecule has 3 rings (SSSR count). The molecule has 4 nitrogen and oxygen atoms in total. The maximum atomic E-state index is 10.3. The van der Waals surface area contributed by atoms with Gasteiger partial charge >= 0.3 is 0 Å². The van der Waals surface area contributed by atoms with Gasteiger partial charge in [-0.2, -0.15) is 0 Å². The zero-order chi connectivity index (χ0) is 15.9. The molecule has 2 aromatic rings. The van der Waals surface area contributed by atoms with E-state index in [4.69, 9.17) is 0 Å². The highest BCUT2D eigenvalue weighted by molar-refractivity contribution is 5.14. The Kier molecular flexibility index (Phi) is 5.86. The highest BCUT2D eigenvalue weighted by atomic mass is 16.3. The molecule has 1 aromatic carbocycles. The Morgan fingerprint density at radius 2 is 1.57 bits per heavy atom. The van der Waals surface area contributed by atoms with Gasteiger partial charge in [0.05, 0.1) is 6.10 Å². The number of rotatable bonds is 6. The van der Waals surface area contributed by atoms with Crippen molar-refractivity contribution < 1.29 is 5.11 Å². The molecule has 1 aliphatic heterocycles. The second kappa shape index (κ2) is 8.29. The topological polar surface area (TPSA) is 31.6 Å². The third-order valence-corrected chi connectivity index (χ3v) is 4.48. The number of nitrogens with zero attached hydrogens (tertiary/aromatic N) is 3. The molecule has 0 aliphatic carbocycles. The lowest BCUT2D eigenvalue weighted by molar-refractivity contribution is 0.107. The van der Waals surface area contributed by atoms with Crippen LogP contribution >= 0.6 is 0 Å². The van der Waals surface area contributed by atoms with Crippen molar-refractivity contribution in [2.24, 2.45) is 0 Å². The number of aromatic nitrogens is 1. The van der Waals surface area contributed by atoms with Crippen LogP contribution in [0.2, 0.25) is 0 Å². The summed E-state index contributed by atoms with van der Waals surface area (Å²) >= 11 is 0. The van der Waals surface area contributed by atoms with Crippen molar-refractivity contribution in [3.63, 3.8) is 0 Å². The third kappa shape index (κ3) is 5.20. The standard InChI is InChI=1S/C19H27N3O/c23-19-16-21(12-6-11-20-9-4-5-10-20)13-14-22(17-19)15-18-7-2-1-3-8-18/h1-5,7-10,19,23H,6,11-17H2. The summed E-state index contributed by atoms with van der Waals surface area (Å²) in [5.74, 6) is 0. The van der Waals surface area contributed by atoms with Crippen LogP contribution in [-0.4, -0.2) is 58.3 Å². The van der Waals surface area contributed by atoms with E-state index in [1.807, 2.05) is 6.07 Å². The fraction of sp³-hybridized carbons (Fsp3) is 0.474. The fourth-order valence-electron chi connectivity index (χ4n) is 3.30. The van der Waals surface area contributed by atoms with Crippen LogP contribution in [0.5, 0.6) is 0 Å². The number of aliphatic hydroxyl groups excluding tert-OH is 1. The molecule has 0 radical (unpaired) electrons. The fourth-order valence-corrected chi connectivity index (χ4v) is 3.30. The first-order valence-electron chi connectivity index (χ1n) is 8.57. The number of aliphatic hydroxyl groups is 1. The molecular formula is C19H27N3O. The van der Waals surface area contributed by atoms with E-state index in [9.17, 15) is 5.11 Å². The van der Waals surface area contributed by atoms with Crippen molar-refractivity contribution in [2.75, 3.05) is 32.7 Å². The van der Waals surface area contributed by atoms with E-state index in [-0.39, 0.29) is 6.10 Å². The number of aryl methyl sites for hydroxylation is 1. The lowest BCUT2D eigenvalue weighted by atomic mass is 10.2. The minimum absolute atomic E-state index is 0.257. The van der Waals surface area contributed by atoms with Gasteiger partial charge in [-0.25, -0.2) is 0 Å².